The van der Waals surface area contributed by atoms with Gasteiger partial charge in [0.05, 0.1) is 23.7 Å². The summed E-state index contributed by atoms with van der Waals surface area (Å²) in [6.45, 7) is 1.95. The van der Waals surface area contributed by atoms with E-state index in [0.717, 1.165) is 21.7 Å². The number of hydrogen-bond donors (Lipinski definition) is 2. The van der Waals surface area contributed by atoms with E-state index < -0.39 is 0 Å². The molecular weight excluding hydrogens is 332 g/mol. The Morgan fingerprint density at radius 1 is 1.39 bits per heavy atom. The summed E-state index contributed by atoms with van der Waals surface area (Å²) >= 11 is 7.42. The van der Waals surface area contributed by atoms with E-state index in [9.17, 15) is 4.79 Å². The maximum atomic E-state index is 11.9. The Hall–Kier alpha value is -2.44. The summed E-state index contributed by atoms with van der Waals surface area (Å²) in [6.07, 6.45) is 3.21. The molecule has 1 aromatic carbocycles. The van der Waals surface area contributed by atoms with Gasteiger partial charge < -0.3 is 0 Å². The highest BCUT2D eigenvalue weighted by Crippen LogP contribution is 2.21. The maximum Gasteiger partial charge on any atom is 0.272 e. The first-order valence-electron chi connectivity index (χ1n) is 6.81. The Morgan fingerprint density at radius 3 is 2.87 bits per heavy atom. The summed E-state index contributed by atoms with van der Waals surface area (Å²) in [4.78, 5) is 13.0. The van der Waals surface area contributed by atoms with Crippen LogP contribution in [-0.4, -0.2) is 22.3 Å². The standard InChI is InChI=1S/C16H13ClN4OS/c1-10-6-12(9-23-10)16(22)21-19-8-13-7-18-20-15(13)11-2-4-14(17)5-3-11/h2-9H,1H3,(H,18,20)(H,21,22)/b19-8-. The molecule has 5 nitrogen and oxygen atoms in total. The minimum Gasteiger partial charge on any atom is -0.277 e. The fourth-order valence-corrected chi connectivity index (χ4v) is 2.84. The first-order valence-corrected chi connectivity index (χ1v) is 8.07. The molecule has 0 radical (unpaired) electrons. The van der Waals surface area contributed by atoms with Gasteiger partial charge in [0, 0.05) is 26.4 Å². The Morgan fingerprint density at radius 2 is 2.17 bits per heavy atom. The van der Waals surface area contributed by atoms with Gasteiger partial charge in [0.15, 0.2) is 0 Å². The summed E-state index contributed by atoms with van der Waals surface area (Å²) in [5.41, 5.74) is 5.64. The van der Waals surface area contributed by atoms with Crippen molar-refractivity contribution in [2.75, 3.05) is 0 Å². The lowest BCUT2D eigenvalue weighted by molar-refractivity contribution is 0.0955. The van der Waals surface area contributed by atoms with Crippen LogP contribution in [0.2, 0.25) is 5.02 Å². The Labute approximate surface area is 142 Å². The lowest BCUT2D eigenvalue weighted by Crippen LogP contribution is -2.16. The molecule has 0 aliphatic rings. The predicted molar refractivity (Wildman–Crippen MR) is 93.1 cm³/mol. The minimum absolute atomic E-state index is 0.234. The van der Waals surface area contributed by atoms with Crippen LogP contribution in [0.15, 0.2) is 47.0 Å². The van der Waals surface area contributed by atoms with E-state index >= 15 is 0 Å². The number of nitrogens with zero attached hydrogens (tertiary/aromatic N) is 2. The monoisotopic (exact) mass is 344 g/mol. The summed E-state index contributed by atoms with van der Waals surface area (Å²) in [5, 5.41) is 13.4. The molecule has 2 heterocycles. The molecule has 7 heteroatoms. The third kappa shape index (κ3) is 3.67. The zero-order valence-electron chi connectivity index (χ0n) is 12.2. The van der Waals surface area contributed by atoms with Crippen molar-refractivity contribution in [3.05, 3.63) is 62.9 Å². The number of thiophene rings is 1. The van der Waals surface area contributed by atoms with Crippen LogP contribution in [0.4, 0.5) is 0 Å². The number of halogens is 1. The number of amides is 1. The van der Waals surface area contributed by atoms with Gasteiger partial charge in [0.1, 0.15) is 0 Å². The smallest absolute Gasteiger partial charge is 0.272 e. The van der Waals surface area contributed by atoms with Gasteiger partial charge >= 0.3 is 0 Å². The third-order valence-corrected chi connectivity index (χ3v) is 4.28. The van der Waals surface area contributed by atoms with Crippen molar-refractivity contribution in [1.82, 2.24) is 15.6 Å². The number of carbonyl (C=O) groups is 1. The number of hydrazone groups is 1. The van der Waals surface area contributed by atoms with E-state index in [-0.39, 0.29) is 5.91 Å². The van der Waals surface area contributed by atoms with Crippen LogP contribution in [-0.2, 0) is 0 Å². The largest absolute Gasteiger partial charge is 0.277 e. The lowest BCUT2D eigenvalue weighted by atomic mass is 10.1. The normalized spacial score (nSPS) is 11.0. The van der Waals surface area contributed by atoms with E-state index in [1.165, 1.54) is 11.3 Å². The number of rotatable bonds is 4. The van der Waals surface area contributed by atoms with Gasteiger partial charge in [-0.1, -0.05) is 23.7 Å². The summed E-state index contributed by atoms with van der Waals surface area (Å²) in [5.74, 6) is -0.234. The van der Waals surface area contributed by atoms with Gasteiger partial charge in [-0.2, -0.15) is 10.2 Å². The van der Waals surface area contributed by atoms with Gasteiger partial charge in [-0.25, -0.2) is 5.43 Å². The molecular formula is C16H13ClN4OS. The van der Waals surface area contributed by atoms with Crippen LogP contribution in [0, 0.1) is 6.92 Å². The van der Waals surface area contributed by atoms with Crippen LogP contribution in [0.25, 0.3) is 11.3 Å². The molecule has 23 heavy (non-hydrogen) atoms. The quantitative estimate of drug-likeness (QED) is 0.557. The van der Waals surface area contributed by atoms with Crippen molar-refractivity contribution in [1.29, 1.82) is 0 Å². The zero-order valence-corrected chi connectivity index (χ0v) is 13.8. The zero-order chi connectivity index (χ0) is 16.2. The number of aromatic amines is 1. The van der Waals surface area contributed by atoms with E-state index in [1.54, 1.807) is 29.9 Å². The van der Waals surface area contributed by atoms with Crippen molar-refractivity contribution in [3.8, 4) is 11.3 Å². The topological polar surface area (TPSA) is 70.1 Å². The third-order valence-electron chi connectivity index (χ3n) is 3.16. The highest BCUT2D eigenvalue weighted by atomic mass is 35.5. The first kappa shape index (κ1) is 15.5. The lowest BCUT2D eigenvalue weighted by Gasteiger charge is -2.00. The number of hydrogen-bond acceptors (Lipinski definition) is 4. The number of nitrogens with one attached hydrogen (secondary N) is 2. The van der Waals surface area contributed by atoms with E-state index in [0.29, 0.717) is 10.6 Å². The van der Waals surface area contributed by atoms with Gasteiger partial charge in [-0.05, 0) is 25.1 Å². The summed E-state index contributed by atoms with van der Waals surface area (Å²) in [6, 6.07) is 9.21. The highest BCUT2D eigenvalue weighted by Gasteiger charge is 2.07. The molecule has 0 aliphatic heterocycles. The molecule has 0 saturated carbocycles. The number of aryl methyl sites for hydroxylation is 1. The summed E-state index contributed by atoms with van der Waals surface area (Å²) < 4.78 is 0. The first-order chi connectivity index (χ1) is 11.1. The van der Waals surface area contributed by atoms with E-state index in [2.05, 4.69) is 20.7 Å². The van der Waals surface area contributed by atoms with Gasteiger partial charge in [0.2, 0.25) is 0 Å². The molecule has 3 rings (SSSR count). The van der Waals surface area contributed by atoms with Crippen molar-refractivity contribution in [2.45, 2.75) is 6.92 Å². The van der Waals surface area contributed by atoms with Crippen molar-refractivity contribution in [2.24, 2.45) is 5.10 Å². The Kier molecular flexibility index (Phi) is 4.55. The molecule has 0 saturated heterocycles. The van der Waals surface area contributed by atoms with Crippen LogP contribution in [0.5, 0.6) is 0 Å². The molecule has 2 N–H and O–H groups in total. The molecule has 0 aliphatic carbocycles. The maximum absolute atomic E-state index is 11.9. The fraction of sp³-hybridized carbons (Fsp3) is 0.0625. The molecule has 2 aromatic heterocycles. The van der Waals surface area contributed by atoms with Crippen LogP contribution in [0.3, 0.4) is 0 Å². The van der Waals surface area contributed by atoms with Crippen LogP contribution >= 0.6 is 22.9 Å². The Bertz CT molecular complexity index is 851. The molecule has 0 spiro atoms. The van der Waals surface area contributed by atoms with Gasteiger partial charge in [-0.3, -0.25) is 9.89 Å². The second-order valence-corrected chi connectivity index (χ2v) is 6.40. The highest BCUT2D eigenvalue weighted by molar-refractivity contribution is 7.10. The number of carbonyl (C=O) groups excluding carboxylic acids is 1. The fourth-order valence-electron chi connectivity index (χ4n) is 2.03. The Balaban J connectivity index is 1.72. The number of benzene rings is 1. The van der Waals surface area contributed by atoms with E-state index in [4.69, 9.17) is 11.6 Å². The molecule has 0 bridgehead atoms. The van der Waals surface area contributed by atoms with Crippen molar-refractivity contribution in [3.63, 3.8) is 0 Å². The average Bonchev–Trinajstić information content (AvgIpc) is 3.17. The molecule has 0 fully saturated rings. The molecule has 3 aromatic rings. The predicted octanol–water partition coefficient (Wildman–Crippen LogP) is 3.86. The SMILES string of the molecule is Cc1cc(C(=O)N/N=C\c2cn[nH]c2-c2ccc(Cl)cc2)cs1. The number of H-pyrrole nitrogens is 1. The molecule has 1 amide bonds. The molecule has 116 valence electrons. The number of aromatic nitrogens is 2. The van der Waals surface area contributed by atoms with E-state index in [1.807, 2.05) is 25.1 Å². The molecule has 0 atom stereocenters. The van der Waals surface area contributed by atoms with Crippen molar-refractivity contribution >= 4 is 35.1 Å². The average molecular weight is 345 g/mol. The second-order valence-electron chi connectivity index (χ2n) is 4.85. The van der Waals surface area contributed by atoms with Crippen LogP contribution in [0.1, 0.15) is 20.8 Å². The second kappa shape index (κ2) is 6.76. The van der Waals surface area contributed by atoms with Gasteiger partial charge in [0.25, 0.3) is 5.91 Å². The van der Waals surface area contributed by atoms with Crippen molar-refractivity contribution < 1.29 is 4.79 Å². The minimum atomic E-state index is -0.234. The summed E-state index contributed by atoms with van der Waals surface area (Å²) in [7, 11) is 0. The molecule has 0 unspecified atom stereocenters. The van der Waals surface area contributed by atoms with Crippen LogP contribution < -0.4 is 5.43 Å². The van der Waals surface area contributed by atoms with Gasteiger partial charge in [-0.15, -0.1) is 11.3 Å².